The summed E-state index contributed by atoms with van der Waals surface area (Å²) in [6, 6.07) is 49.9. The molecule has 0 radical (unpaired) electrons. The number of nitrogens with zero attached hydrogens (tertiary/aromatic N) is 3. The molecule has 0 aliphatic carbocycles. The predicted molar refractivity (Wildman–Crippen MR) is 230 cm³/mol. The monoisotopic (exact) mass is 827 g/mol. The van der Waals surface area contributed by atoms with Crippen molar-refractivity contribution in [2.75, 3.05) is 20.0 Å². The van der Waals surface area contributed by atoms with E-state index < -0.39 is 19.7 Å². The number of aliphatic hydroxyl groups is 1. The standard InChI is InChI=1S/C48H50N3O8P/c1-56-47-29-42(25-26-45(47)52)32-51-48(54)50(44(28-37-15-6-2-7-16-37)46(53)33-49(51)30-38-17-8-3-9-18-38)31-41-23-14-24-43(27-41)57-36-60(55,58-34-39-19-10-4-11-20-39)59-35-40-21-12-5-13-22-40/h2-27,29,44,46,52-53H,28,30-36H2,1H3/t44-,46-/m1/s1. The molecule has 0 bridgehead atoms. The number of carbonyl (C=O) groups excluding carboxylic acids is 1. The van der Waals surface area contributed by atoms with Crippen molar-refractivity contribution in [1.29, 1.82) is 0 Å². The molecular weight excluding hydrogens is 778 g/mol. The van der Waals surface area contributed by atoms with Crippen LogP contribution in [0.2, 0.25) is 0 Å². The number of phenols is 1. The molecule has 2 atom stereocenters. The summed E-state index contributed by atoms with van der Waals surface area (Å²) in [4.78, 5) is 16.9. The quantitative estimate of drug-likeness (QED) is 0.0818. The van der Waals surface area contributed by atoms with Crippen molar-refractivity contribution in [3.8, 4) is 17.2 Å². The highest BCUT2D eigenvalue weighted by atomic mass is 31.2. The molecule has 1 heterocycles. The normalized spacial score (nSPS) is 16.1. The highest BCUT2D eigenvalue weighted by Crippen LogP contribution is 2.50. The van der Waals surface area contributed by atoms with Gasteiger partial charge in [-0.3, -0.25) is 9.57 Å². The van der Waals surface area contributed by atoms with Crippen molar-refractivity contribution >= 4 is 13.6 Å². The Labute approximate surface area is 351 Å². The smallest absolute Gasteiger partial charge is 0.368 e. The lowest BCUT2D eigenvalue weighted by molar-refractivity contribution is -0.0213. The van der Waals surface area contributed by atoms with E-state index >= 15 is 4.79 Å². The summed E-state index contributed by atoms with van der Waals surface area (Å²) in [5, 5.41) is 26.0. The topological polar surface area (TPSA) is 121 Å². The van der Waals surface area contributed by atoms with Crippen molar-refractivity contribution in [2.45, 2.75) is 51.4 Å². The summed E-state index contributed by atoms with van der Waals surface area (Å²) in [6.45, 7) is 0.974. The molecule has 12 heteroatoms. The largest absolute Gasteiger partial charge is 0.504 e. The molecule has 0 unspecified atom stereocenters. The van der Waals surface area contributed by atoms with Crippen LogP contribution in [0.5, 0.6) is 17.2 Å². The Balaban J connectivity index is 1.17. The highest BCUT2D eigenvalue weighted by molar-refractivity contribution is 7.53. The summed E-state index contributed by atoms with van der Waals surface area (Å²) in [7, 11) is -2.30. The van der Waals surface area contributed by atoms with Crippen LogP contribution in [0, 0.1) is 0 Å². The van der Waals surface area contributed by atoms with Crippen molar-refractivity contribution in [3.63, 3.8) is 0 Å². The van der Waals surface area contributed by atoms with Gasteiger partial charge in [0.2, 0.25) is 0 Å². The lowest BCUT2D eigenvalue weighted by Crippen LogP contribution is -2.51. The summed E-state index contributed by atoms with van der Waals surface area (Å²) in [6.07, 6.45) is -0.872. The Bertz CT molecular complexity index is 2270. The third kappa shape index (κ3) is 11.4. The van der Waals surface area contributed by atoms with Gasteiger partial charge in [0.05, 0.1) is 39.0 Å². The predicted octanol–water partition coefficient (Wildman–Crippen LogP) is 9.19. The van der Waals surface area contributed by atoms with Crippen LogP contribution in [0.15, 0.2) is 164 Å². The molecule has 1 aliphatic rings. The van der Waals surface area contributed by atoms with E-state index in [0.29, 0.717) is 24.5 Å². The SMILES string of the molecule is COc1cc(CN2C(=O)N(Cc3cccc(OCP(=O)(OCc4ccccc4)OCc4ccccc4)c3)[C@H](Cc3ccccc3)[C@H](O)CN2Cc2ccccc2)ccc1O. The number of urea groups is 1. The molecule has 310 valence electrons. The van der Waals surface area contributed by atoms with E-state index in [1.807, 2.05) is 138 Å². The Hall–Kier alpha value is -5.94. The summed E-state index contributed by atoms with van der Waals surface area (Å²) >= 11 is 0. The second-order valence-corrected chi connectivity index (χ2v) is 16.7. The second-order valence-electron chi connectivity index (χ2n) is 14.7. The number of aromatic hydroxyl groups is 1. The molecular formula is C48H50N3O8P. The average Bonchev–Trinajstić information content (AvgIpc) is 3.36. The lowest BCUT2D eigenvalue weighted by Gasteiger charge is -2.36. The molecule has 0 saturated carbocycles. The molecule has 7 rings (SSSR count). The van der Waals surface area contributed by atoms with Crippen LogP contribution in [-0.4, -0.2) is 63.3 Å². The fourth-order valence-corrected chi connectivity index (χ4v) is 8.36. The van der Waals surface area contributed by atoms with Crippen LogP contribution in [-0.2, 0) is 52.9 Å². The number of rotatable bonds is 18. The van der Waals surface area contributed by atoms with Gasteiger partial charge in [0.1, 0.15) is 5.75 Å². The van der Waals surface area contributed by atoms with E-state index in [1.165, 1.54) is 7.11 Å². The van der Waals surface area contributed by atoms with Gasteiger partial charge in [-0.15, -0.1) is 0 Å². The Morgan fingerprint density at radius 3 is 1.78 bits per heavy atom. The highest BCUT2D eigenvalue weighted by Gasteiger charge is 2.40. The lowest BCUT2D eigenvalue weighted by atomic mass is 9.99. The molecule has 1 saturated heterocycles. The van der Waals surface area contributed by atoms with Gasteiger partial charge in [-0.1, -0.05) is 140 Å². The maximum absolute atomic E-state index is 15.2. The number of carbonyl (C=O) groups is 1. The van der Waals surface area contributed by atoms with Gasteiger partial charge in [0, 0.05) is 19.6 Å². The number of aliphatic hydroxyl groups excluding tert-OH is 1. The van der Waals surface area contributed by atoms with Crippen molar-refractivity contribution < 1.29 is 38.1 Å². The zero-order valence-corrected chi connectivity index (χ0v) is 34.4. The number of hydrogen-bond acceptors (Lipinski definition) is 9. The zero-order valence-electron chi connectivity index (χ0n) is 33.5. The van der Waals surface area contributed by atoms with Gasteiger partial charge < -0.3 is 33.6 Å². The Morgan fingerprint density at radius 1 is 0.633 bits per heavy atom. The minimum Gasteiger partial charge on any atom is -0.504 e. The van der Waals surface area contributed by atoms with Gasteiger partial charge in [0.15, 0.2) is 17.8 Å². The maximum Gasteiger partial charge on any atom is 0.368 e. The van der Waals surface area contributed by atoms with Gasteiger partial charge in [-0.2, -0.15) is 0 Å². The minimum atomic E-state index is -3.78. The van der Waals surface area contributed by atoms with Gasteiger partial charge in [-0.25, -0.2) is 9.80 Å². The molecule has 0 aromatic heterocycles. The van der Waals surface area contributed by atoms with Crippen molar-refractivity contribution in [2.24, 2.45) is 0 Å². The first-order valence-electron chi connectivity index (χ1n) is 19.9. The van der Waals surface area contributed by atoms with Crippen LogP contribution in [0.3, 0.4) is 0 Å². The Kier molecular flexibility index (Phi) is 14.3. The first-order chi connectivity index (χ1) is 29.2. The number of phenolic OH excluding ortho intramolecular Hbond substituents is 1. The van der Waals surface area contributed by atoms with Crippen LogP contribution in [0.25, 0.3) is 0 Å². The average molecular weight is 828 g/mol. The number of methoxy groups -OCH3 is 1. The molecule has 6 aromatic rings. The number of β-amino-alcohol motifs (C(OH)–C–C–N with tert-alkyl or cyclic N) is 1. The Morgan fingerprint density at radius 2 is 1.18 bits per heavy atom. The van der Waals surface area contributed by atoms with E-state index in [2.05, 4.69) is 0 Å². The van der Waals surface area contributed by atoms with Crippen molar-refractivity contribution in [1.82, 2.24) is 14.9 Å². The fourth-order valence-electron chi connectivity index (χ4n) is 7.14. The number of amides is 2. The van der Waals surface area contributed by atoms with E-state index in [4.69, 9.17) is 18.5 Å². The maximum atomic E-state index is 15.2. The van der Waals surface area contributed by atoms with Gasteiger partial charge >= 0.3 is 13.6 Å². The second kappa shape index (κ2) is 20.4. The van der Waals surface area contributed by atoms with Crippen LogP contribution in [0.1, 0.15) is 33.4 Å². The third-order valence-electron chi connectivity index (χ3n) is 10.3. The molecule has 11 nitrogen and oxygen atoms in total. The number of ether oxygens (including phenoxy) is 2. The molecule has 1 fully saturated rings. The number of hydrogen-bond donors (Lipinski definition) is 2. The van der Waals surface area contributed by atoms with E-state index in [0.717, 1.165) is 33.4 Å². The van der Waals surface area contributed by atoms with Crippen LogP contribution < -0.4 is 9.47 Å². The first kappa shape index (κ1) is 42.2. The van der Waals surface area contributed by atoms with Gasteiger partial charge in [-0.05, 0) is 64.1 Å². The number of hydrazine groups is 1. The molecule has 6 aromatic carbocycles. The molecule has 60 heavy (non-hydrogen) atoms. The van der Waals surface area contributed by atoms with E-state index in [1.54, 1.807) is 40.2 Å². The van der Waals surface area contributed by atoms with Crippen LogP contribution >= 0.6 is 7.60 Å². The van der Waals surface area contributed by atoms with Crippen molar-refractivity contribution in [3.05, 3.63) is 197 Å². The molecule has 2 N–H and O–H groups in total. The summed E-state index contributed by atoms with van der Waals surface area (Å²) in [5.41, 5.74) is 5.11. The third-order valence-corrected chi connectivity index (χ3v) is 11.8. The number of benzene rings is 6. The molecule has 0 spiro atoms. The molecule has 1 aliphatic heterocycles. The molecule has 2 amide bonds. The summed E-state index contributed by atoms with van der Waals surface area (Å²) < 4.78 is 37.7. The van der Waals surface area contributed by atoms with E-state index in [-0.39, 0.29) is 51.0 Å². The first-order valence-corrected chi connectivity index (χ1v) is 21.6. The zero-order chi connectivity index (χ0) is 41.7. The van der Waals surface area contributed by atoms with Gasteiger partial charge in [0.25, 0.3) is 0 Å². The summed E-state index contributed by atoms with van der Waals surface area (Å²) in [5.74, 6) is 0.703. The minimum absolute atomic E-state index is 0.00599. The van der Waals surface area contributed by atoms with E-state index in [9.17, 15) is 14.8 Å². The van der Waals surface area contributed by atoms with Crippen LogP contribution in [0.4, 0.5) is 4.79 Å². The fraction of sp³-hybridized carbons (Fsp3) is 0.229.